The van der Waals surface area contributed by atoms with Gasteiger partial charge in [0.25, 0.3) is 0 Å². The Kier molecular flexibility index (Phi) is 5.38. The van der Waals surface area contributed by atoms with Crippen molar-refractivity contribution in [1.29, 1.82) is 0 Å². The summed E-state index contributed by atoms with van der Waals surface area (Å²) in [5, 5.41) is 9.51. The molecule has 0 fully saturated rings. The van der Waals surface area contributed by atoms with E-state index in [1.807, 2.05) is 13.8 Å². The molecule has 0 aliphatic carbocycles. The summed E-state index contributed by atoms with van der Waals surface area (Å²) in [5.74, 6) is -0.0125. The molecule has 0 aliphatic heterocycles. The molecule has 96 valence electrons. The molecule has 0 aliphatic rings. The minimum atomic E-state index is -0.684. The Bertz CT molecular complexity index is 351. The van der Waals surface area contributed by atoms with Crippen LogP contribution in [-0.4, -0.2) is 24.4 Å². The summed E-state index contributed by atoms with van der Waals surface area (Å²) < 4.78 is 23.8. The van der Waals surface area contributed by atoms with Gasteiger partial charge in [-0.2, -0.15) is 0 Å². The van der Waals surface area contributed by atoms with Crippen molar-refractivity contribution in [1.82, 2.24) is 0 Å². The molecule has 0 aromatic heterocycles. The van der Waals surface area contributed by atoms with E-state index in [2.05, 4.69) is 0 Å². The van der Waals surface area contributed by atoms with Crippen molar-refractivity contribution >= 4 is 0 Å². The summed E-state index contributed by atoms with van der Waals surface area (Å²) in [5.41, 5.74) is 0.580. The number of aliphatic hydroxyl groups is 1. The predicted molar refractivity (Wildman–Crippen MR) is 63.6 cm³/mol. The molecule has 0 bridgehead atoms. The molecule has 1 N–H and O–H groups in total. The van der Waals surface area contributed by atoms with Crippen molar-refractivity contribution in [2.45, 2.75) is 33.0 Å². The fraction of sp³-hybridized carbons (Fsp3) is 0.538. The van der Waals surface area contributed by atoms with Crippen LogP contribution in [0.5, 0.6) is 5.75 Å². The molecule has 1 aromatic carbocycles. The number of benzene rings is 1. The number of hydrogen-bond acceptors (Lipinski definition) is 3. The third-order valence-electron chi connectivity index (χ3n) is 2.22. The zero-order valence-electron chi connectivity index (χ0n) is 10.4. The van der Waals surface area contributed by atoms with E-state index in [-0.39, 0.29) is 11.9 Å². The van der Waals surface area contributed by atoms with Crippen LogP contribution in [0.3, 0.4) is 0 Å². The van der Waals surface area contributed by atoms with Gasteiger partial charge in [0, 0.05) is 11.6 Å². The van der Waals surface area contributed by atoms with Crippen LogP contribution in [0.15, 0.2) is 18.2 Å². The van der Waals surface area contributed by atoms with E-state index >= 15 is 0 Å². The highest BCUT2D eigenvalue weighted by atomic mass is 19.1. The summed E-state index contributed by atoms with van der Waals surface area (Å²) >= 11 is 0. The van der Waals surface area contributed by atoms with Gasteiger partial charge in [-0.3, -0.25) is 0 Å². The highest BCUT2D eigenvalue weighted by Crippen LogP contribution is 2.25. The van der Waals surface area contributed by atoms with Crippen molar-refractivity contribution < 1.29 is 19.0 Å². The minimum Gasteiger partial charge on any atom is -0.491 e. The van der Waals surface area contributed by atoms with Crippen LogP contribution in [0.2, 0.25) is 0 Å². The molecule has 0 amide bonds. The summed E-state index contributed by atoms with van der Waals surface area (Å²) in [7, 11) is 0. The molecule has 17 heavy (non-hydrogen) atoms. The van der Waals surface area contributed by atoms with Gasteiger partial charge in [-0.05, 0) is 32.9 Å². The van der Waals surface area contributed by atoms with Gasteiger partial charge in [-0.1, -0.05) is 0 Å². The van der Waals surface area contributed by atoms with Crippen LogP contribution in [0, 0.1) is 5.82 Å². The lowest BCUT2D eigenvalue weighted by Gasteiger charge is -2.14. The number of rotatable bonds is 6. The lowest BCUT2D eigenvalue weighted by Crippen LogP contribution is -2.12. The van der Waals surface area contributed by atoms with Crippen LogP contribution in [0.1, 0.15) is 32.4 Å². The zero-order valence-corrected chi connectivity index (χ0v) is 10.4. The SMILES string of the molecule is CC(C)OCCOc1cc(F)ccc1C(C)O. The molecular weight excluding hydrogens is 223 g/mol. The second kappa shape index (κ2) is 6.57. The first kappa shape index (κ1) is 13.9. The lowest BCUT2D eigenvalue weighted by atomic mass is 10.1. The molecule has 0 heterocycles. The van der Waals surface area contributed by atoms with Crippen LogP contribution in [-0.2, 0) is 4.74 Å². The molecule has 3 nitrogen and oxygen atoms in total. The maximum absolute atomic E-state index is 13.1. The second-order valence-electron chi connectivity index (χ2n) is 4.13. The minimum absolute atomic E-state index is 0.141. The van der Waals surface area contributed by atoms with Gasteiger partial charge in [0.05, 0.1) is 18.8 Å². The average Bonchev–Trinajstić information content (AvgIpc) is 2.23. The molecule has 1 aromatic rings. The Balaban J connectivity index is 2.59. The molecule has 0 radical (unpaired) electrons. The van der Waals surface area contributed by atoms with Crippen LogP contribution < -0.4 is 4.74 Å². The fourth-order valence-corrected chi connectivity index (χ4v) is 1.41. The van der Waals surface area contributed by atoms with E-state index in [1.54, 1.807) is 6.92 Å². The van der Waals surface area contributed by atoms with E-state index in [0.717, 1.165) is 0 Å². The number of hydrogen-bond donors (Lipinski definition) is 1. The molecule has 1 rings (SSSR count). The maximum Gasteiger partial charge on any atom is 0.128 e. The zero-order chi connectivity index (χ0) is 12.8. The third-order valence-corrected chi connectivity index (χ3v) is 2.22. The first-order chi connectivity index (χ1) is 8.00. The smallest absolute Gasteiger partial charge is 0.128 e. The van der Waals surface area contributed by atoms with Crippen molar-refractivity contribution in [2.75, 3.05) is 13.2 Å². The Labute approximate surface area is 101 Å². The second-order valence-corrected chi connectivity index (χ2v) is 4.13. The molecule has 4 heteroatoms. The van der Waals surface area contributed by atoms with Gasteiger partial charge in [0.2, 0.25) is 0 Å². The quantitative estimate of drug-likeness (QED) is 0.779. The average molecular weight is 242 g/mol. The van der Waals surface area contributed by atoms with Crippen molar-refractivity contribution in [3.8, 4) is 5.75 Å². The lowest BCUT2D eigenvalue weighted by molar-refractivity contribution is 0.0543. The summed E-state index contributed by atoms with van der Waals surface area (Å²) in [4.78, 5) is 0. The fourth-order valence-electron chi connectivity index (χ4n) is 1.41. The summed E-state index contributed by atoms with van der Waals surface area (Å²) in [6.45, 7) is 6.26. The van der Waals surface area contributed by atoms with Gasteiger partial charge >= 0.3 is 0 Å². The Morgan fingerprint density at radius 2 is 1.94 bits per heavy atom. The van der Waals surface area contributed by atoms with Crippen molar-refractivity contribution in [3.05, 3.63) is 29.6 Å². The number of ether oxygens (including phenoxy) is 2. The first-order valence-corrected chi connectivity index (χ1v) is 5.72. The van der Waals surface area contributed by atoms with Gasteiger partial charge in [0.1, 0.15) is 18.2 Å². The van der Waals surface area contributed by atoms with Gasteiger partial charge < -0.3 is 14.6 Å². The standard InChI is InChI=1S/C13H19FO3/c1-9(2)16-6-7-17-13-8-11(14)4-5-12(13)10(3)15/h4-5,8-10,15H,6-7H2,1-3H3. The molecule has 0 saturated carbocycles. The monoisotopic (exact) mass is 242 g/mol. The normalized spacial score (nSPS) is 12.8. The Morgan fingerprint density at radius 1 is 1.24 bits per heavy atom. The van der Waals surface area contributed by atoms with E-state index < -0.39 is 6.10 Å². The Hall–Kier alpha value is -1.13. The van der Waals surface area contributed by atoms with Gasteiger partial charge in [-0.25, -0.2) is 4.39 Å². The van der Waals surface area contributed by atoms with Crippen molar-refractivity contribution in [3.63, 3.8) is 0 Å². The highest BCUT2D eigenvalue weighted by Gasteiger charge is 2.10. The van der Waals surface area contributed by atoms with Crippen LogP contribution in [0.4, 0.5) is 4.39 Å². The summed E-state index contributed by atoms with van der Waals surface area (Å²) in [6.07, 6.45) is -0.543. The molecule has 0 saturated heterocycles. The predicted octanol–water partition coefficient (Wildman–Crippen LogP) is 2.68. The number of aliphatic hydroxyl groups excluding tert-OH is 1. The van der Waals surface area contributed by atoms with E-state index in [4.69, 9.17) is 9.47 Å². The van der Waals surface area contributed by atoms with Gasteiger partial charge in [0.15, 0.2) is 0 Å². The van der Waals surface area contributed by atoms with Gasteiger partial charge in [-0.15, -0.1) is 0 Å². The van der Waals surface area contributed by atoms with Crippen LogP contribution in [0.25, 0.3) is 0 Å². The molecule has 0 spiro atoms. The van der Waals surface area contributed by atoms with E-state index in [1.165, 1.54) is 18.2 Å². The van der Waals surface area contributed by atoms with Crippen LogP contribution >= 0.6 is 0 Å². The van der Waals surface area contributed by atoms with Crippen molar-refractivity contribution in [2.24, 2.45) is 0 Å². The Morgan fingerprint density at radius 3 is 2.53 bits per heavy atom. The molecule has 1 unspecified atom stereocenters. The van der Waals surface area contributed by atoms with E-state index in [0.29, 0.717) is 24.5 Å². The molecule has 1 atom stereocenters. The topological polar surface area (TPSA) is 38.7 Å². The summed E-state index contributed by atoms with van der Waals surface area (Å²) in [6, 6.07) is 4.11. The van der Waals surface area contributed by atoms with E-state index in [9.17, 15) is 9.50 Å². The first-order valence-electron chi connectivity index (χ1n) is 5.72. The molecular formula is C13H19FO3. The number of halogens is 1. The third kappa shape index (κ3) is 4.71. The largest absolute Gasteiger partial charge is 0.491 e. The highest BCUT2D eigenvalue weighted by molar-refractivity contribution is 5.35. The maximum atomic E-state index is 13.1.